The molecule has 0 aromatic rings. The van der Waals surface area contributed by atoms with Crippen LogP contribution in [0.3, 0.4) is 0 Å². The highest BCUT2D eigenvalue weighted by Gasteiger charge is 2.09. The molecule has 0 aromatic carbocycles. The lowest BCUT2D eigenvalue weighted by Crippen LogP contribution is -2.06. The Morgan fingerprint density at radius 2 is 1.82 bits per heavy atom. The van der Waals surface area contributed by atoms with Gasteiger partial charge in [0.1, 0.15) is 0 Å². The lowest BCUT2D eigenvalue weighted by atomic mass is 9.88. The lowest BCUT2D eigenvalue weighted by Gasteiger charge is -2.18. The molecule has 0 aliphatic carbocycles. The van der Waals surface area contributed by atoms with Crippen LogP contribution in [-0.4, -0.2) is 0 Å². The summed E-state index contributed by atoms with van der Waals surface area (Å²) in [6, 6.07) is 0. The van der Waals surface area contributed by atoms with Gasteiger partial charge in [-0.15, -0.1) is 0 Å². The van der Waals surface area contributed by atoms with Crippen molar-refractivity contribution in [3.05, 3.63) is 6.92 Å². The molecule has 0 bridgehead atoms. The van der Waals surface area contributed by atoms with Crippen LogP contribution in [0.1, 0.15) is 52.9 Å². The van der Waals surface area contributed by atoms with Crippen molar-refractivity contribution in [3.63, 3.8) is 0 Å². The molecule has 0 heteroatoms. The first-order chi connectivity index (χ1) is 5.22. The fourth-order valence-corrected chi connectivity index (χ4v) is 1.47. The Morgan fingerprint density at radius 1 is 1.18 bits per heavy atom. The van der Waals surface area contributed by atoms with Crippen molar-refractivity contribution >= 4 is 0 Å². The normalized spacial score (nSPS) is 13.9. The van der Waals surface area contributed by atoms with Crippen LogP contribution < -0.4 is 0 Å². The molecule has 0 amide bonds. The Bertz CT molecular complexity index is 74.1. The van der Waals surface area contributed by atoms with E-state index >= 15 is 0 Å². The van der Waals surface area contributed by atoms with Crippen molar-refractivity contribution in [2.75, 3.05) is 0 Å². The van der Waals surface area contributed by atoms with Gasteiger partial charge in [-0.1, -0.05) is 59.8 Å². The van der Waals surface area contributed by atoms with Crippen LogP contribution in [0.15, 0.2) is 0 Å². The molecule has 1 atom stereocenters. The van der Waals surface area contributed by atoms with E-state index in [1.807, 2.05) is 0 Å². The number of hydrogen-bond donors (Lipinski definition) is 0. The van der Waals surface area contributed by atoms with E-state index in [0.29, 0.717) is 0 Å². The van der Waals surface area contributed by atoms with Crippen LogP contribution >= 0.6 is 0 Å². The second-order valence-electron chi connectivity index (χ2n) is 3.79. The minimum absolute atomic E-state index is 0.823. The average Bonchev–Trinajstić information content (AvgIpc) is 1.97. The van der Waals surface area contributed by atoms with Crippen LogP contribution in [-0.2, 0) is 0 Å². The largest absolute Gasteiger partial charge is 0.0654 e. The summed E-state index contributed by atoms with van der Waals surface area (Å²) >= 11 is 0. The Balaban J connectivity index is 3.36. The molecule has 0 saturated carbocycles. The molecule has 0 rings (SSSR count). The molecule has 0 aliphatic heterocycles. The van der Waals surface area contributed by atoms with Crippen molar-refractivity contribution in [1.29, 1.82) is 0 Å². The third kappa shape index (κ3) is 5.29. The summed E-state index contributed by atoms with van der Waals surface area (Å²) < 4.78 is 0. The Kier molecular flexibility index (Phi) is 6.69. The van der Waals surface area contributed by atoms with E-state index in [0.717, 1.165) is 18.3 Å². The summed E-state index contributed by atoms with van der Waals surface area (Å²) in [6.07, 6.45) is 6.62. The smallest absolute Gasteiger partial charge is 0.0391 e. The summed E-state index contributed by atoms with van der Waals surface area (Å²) in [5, 5.41) is 0. The highest BCUT2D eigenvalue weighted by molar-refractivity contribution is 4.64. The second kappa shape index (κ2) is 6.69. The van der Waals surface area contributed by atoms with Gasteiger partial charge in [0, 0.05) is 0 Å². The fourth-order valence-electron chi connectivity index (χ4n) is 1.47. The molecule has 0 N–H and O–H groups in total. The van der Waals surface area contributed by atoms with Crippen LogP contribution in [0.25, 0.3) is 0 Å². The monoisotopic (exact) mass is 155 g/mol. The summed E-state index contributed by atoms with van der Waals surface area (Å²) in [4.78, 5) is 0. The first-order valence-corrected chi connectivity index (χ1v) is 5.01. The van der Waals surface area contributed by atoms with E-state index in [4.69, 9.17) is 0 Å². The molecule has 1 radical (unpaired) electrons. The van der Waals surface area contributed by atoms with Crippen molar-refractivity contribution in [2.24, 2.45) is 11.8 Å². The Morgan fingerprint density at radius 3 is 2.18 bits per heavy atom. The standard InChI is InChI=1S/C11H23/c1-5-7-8-9-11(6-2)10(3)4/h10-11H,2,5-9H2,1,3-4H3. The van der Waals surface area contributed by atoms with E-state index in [1.54, 1.807) is 0 Å². The van der Waals surface area contributed by atoms with Crippen molar-refractivity contribution in [1.82, 2.24) is 0 Å². The van der Waals surface area contributed by atoms with Gasteiger partial charge >= 0.3 is 0 Å². The molecule has 0 aliphatic rings. The molecule has 1 unspecified atom stereocenters. The van der Waals surface area contributed by atoms with Gasteiger partial charge in [-0.25, -0.2) is 0 Å². The maximum Gasteiger partial charge on any atom is -0.0391 e. The van der Waals surface area contributed by atoms with E-state index in [9.17, 15) is 0 Å². The molecule has 0 heterocycles. The van der Waals surface area contributed by atoms with Crippen molar-refractivity contribution < 1.29 is 0 Å². The molecule has 0 fully saturated rings. The van der Waals surface area contributed by atoms with Gasteiger partial charge in [0.05, 0.1) is 0 Å². The molecule has 0 aromatic heterocycles. The summed E-state index contributed by atoms with van der Waals surface area (Å²) in [5.41, 5.74) is 0. The predicted molar refractivity (Wildman–Crippen MR) is 52.4 cm³/mol. The summed E-state index contributed by atoms with van der Waals surface area (Å²) in [6.45, 7) is 10.9. The Labute approximate surface area is 72.4 Å². The molecule has 0 saturated heterocycles. The quantitative estimate of drug-likeness (QED) is 0.507. The highest BCUT2D eigenvalue weighted by Crippen LogP contribution is 2.21. The third-order valence-corrected chi connectivity index (χ3v) is 2.49. The van der Waals surface area contributed by atoms with Crippen LogP contribution in [0.2, 0.25) is 0 Å². The van der Waals surface area contributed by atoms with E-state index in [-0.39, 0.29) is 0 Å². The Hall–Kier alpha value is 0. The maximum absolute atomic E-state index is 3.99. The van der Waals surface area contributed by atoms with Gasteiger partial charge in [-0.2, -0.15) is 0 Å². The van der Waals surface area contributed by atoms with Gasteiger partial charge in [-0.3, -0.25) is 0 Å². The molecule has 11 heavy (non-hydrogen) atoms. The van der Waals surface area contributed by atoms with Crippen molar-refractivity contribution in [2.45, 2.75) is 52.9 Å². The number of unbranched alkanes of at least 4 members (excludes halogenated alkanes) is 2. The van der Waals surface area contributed by atoms with Crippen molar-refractivity contribution in [3.8, 4) is 0 Å². The SMILES string of the molecule is [CH2]CC(CCCCC)C(C)C. The average molecular weight is 155 g/mol. The van der Waals surface area contributed by atoms with E-state index < -0.39 is 0 Å². The number of hydrogen-bond acceptors (Lipinski definition) is 0. The topological polar surface area (TPSA) is 0 Å². The lowest BCUT2D eigenvalue weighted by molar-refractivity contribution is 0.349. The van der Waals surface area contributed by atoms with E-state index in [2.05, 4.69) is 27.7 Å². The molecule has 0 spiro atoms. The van der Waals surface area contributed by atoms with Crippen LogP contribution in [0, 0.1) is 18.8 Å². The van der Waals surface area contributed by atoms with Gasteiger partial charge in [0.15, 0.2) is 0 Å². The molecule has 0 nitrogen and oxygen atoms in total. The van der Waals surface area contributed by atoms with E-state index in [1.165, 1.54) is 25.7 Å². The minimum atomic E-state index is 0.823. The molecular formula is C11H23. The predicted octanol–water partition coefficient (Wildman–Crippen LogP) is 4.06. The minimum Gasteiger partial charge on any atom is -0.0654 e. The van der Waals surface area contributed by atoms with Gasteiger partial charge in [-0.05, 0) is 11.8 Å². The van der Waals surface area contributed by atoms with Crippen LogP contribution in [0.4, 0.5) is 0 Å². The third-order valence-electron chi connectivity index (χ3n) is 2.49. The molecule has 67 valence electrons. The first-order valence-electron chi connectivity index (χ1n) is 5.01. The van der Waals surface area contributed by atoms with Crippen LogP contribution in [0.5, 0.6) is 0 Å². The second-order valence-corrected chi connectivity index (χ2v) is 3.79. The summed E-state index contributed by atoms with van der Waals surface area (Å²) in [7, 11) is 0. The highest BCUT2D eigenvalue weighted by atomic mass is 14.1. The summed E-state index contributed by atoms with van der Waals surface area (Å²) in [5.74, 6) is 1.69. The zero-order chi connectivity index (χ0) is 8.69. The van der Waals surface area contributed by atoms with Gasteiger partial charge < -0.3 is 0 Å². The maximum atomic E-state index is 3.99. The van der Waals surface area contributed by atoms with Gasteiger partial charge in [0.25, 0.3) is 0 Å². The zero-order valence-corrected chi connectivity index (χ0v) is 8.40. The fraction of sp³-hybridized carbons (Fsp3) is 0.909. The molecular weight excluding hydrogens is 132 g/mol. The number of rotatable bonds is 6. The first kappa shape index (κ1) is 11.0. The van der Waals surface area contributed by atoms with Gasteiger partial charge in [0.2, 0.25) is 0 Å². The zero-order valence-electron chi connectivity index (χ0n) is 8.40.